The predicted molar refractivity (Wildman–Crippen MR) is 108 cm³/mol. The number of carbonyl (C=O) groups excluding carboxylic acids is 1. The average Bonchev–Trinajstić information content (AvgIpc) is 2.67. The molecule has 0 bridgehead atoms. The fourth-order valence-electron chi connectivity index (χ4n) is 3.11. The summed E-state index contributed by atoms with van der Waals surface area (Å²) in [5, 5.41) is 20.0. The van der Waals surface area contributed by atoms with E-state index in [1.165, 1.54) is 0 Å². The van der Waals surface area contributed by atoms with Crippen LogP contribution >= 0.6 is 7.82 Å². The summed E-state index contributed by atoms with van der Waals surface area (Å²) in [4.78, 5) is 30.8. The Hall–Kier alpha value is -1.56. The Morgan fingerprint density at radius 3 is 2.39 bits per heavy atom. The van der Waals surface area contributed by atoms with E-state index in [4.69, 9.17) is 24.5 Å². The van der Waals surface area contributed by atoms with E-state index in [9.17, 15) is 29.4 Å². The second kappa shape index (κ2) is 11.3. The molecule has 176 valence electrons. The number of benzene rings is 1. The number of aliphatic hydroxyl groups excluding tert-OH is 2. The smallest absolute Gasteiger partial charge is 0.461 e. The number of phosphoric acid groups is 1. The third-order valence-electron chi connectivity index (χ3n) is 4.51. The monoisotopic (exact) mass is 463 g/mol. The maximum Gasteiger partial charge on any atom is 0.470 e. The topological polar surface area (TPSA) is 178 Å². The number of esters is 1. The molecule has 1 aliphatic heterocycles. The van der Waals surface area contributed by atoms with Gasteiger partial charge in [-0.3, -0.25) is 9.32 Å². The van der Waals surface area contributed by atoms with Crippen LogP contribution in [0.4, 0.5) is 0 Å². The van der Waals surface area contributed by atoms with Gasteiger partial charge in [0.25, 0.3) is 0 Å². The van der Waals surface area contributed by atoms with Crippen molar-refractivity contribution in [1.82, 2.24) is 0 Å². The molecule has 0 saturated carbocycles. The first-order valence-corrected chi connectivity index (χ1v) is 11.4. The summed E-state index contributed by atoms with van der Waals surface area (Å²) in [5.74, 6) is -0.439. The molecule has 1 aliphatic rings. The first-order valence-electron chi connectivity index (χ1n) is 9.87. The molecule has 0 aromatic heterocycles. The van der Waals surface area contributed by atoms with Gasteiger partial charge >= 0.3 is 13.8 Å². The lowest BCUT2D eigenvalue weighted by molar-refractivity contribution is -0.279. The molecule has 5 atom stereocenters. The molecular formula is C19H30NO10P. The molecule has 1 aromatic carbocycles. The Morgan fingerprint density at radius 1 is 1.23 bits per heavy atom. The number of hydrogen-bond acceptors (Lipinski definition) is 9. The van der Waals surface area contributed by atoms with Crippen molar-refractivity contribution in [1.29, 1.82) is 0 Å². The van der Waals surface area contributed by atoms with Crippen molar-refractivity contribution in [3.05, 3.63) is 29.8 Å². The molecule has 6 N–H and O–H groups in total. The van der Waals surface area contributed by atoms with Gasteiger partial charge in [0.15, 0.2) is 6.10 Å². The fraction of sp³-hybridized carbons (Fsp3) is 0.632. The molecule has 1 heterocycles. The third kappa shape index (κ3) is 7.81. The quantitative estimate of drug-likeness (QED) is 0.234. The minimum Gasteiger partial charge on any atom is -0.461 e. The number of aliphatic hydroxyl groups is 2. The Morgan fingerprint density at radius 2 is 1.87 bits per heavy atom. The highest BCUT2D eigenvalue weighted by Gasteiger charge is 2.51. The van der Waals surface area contributed by atoms with Crippen LogP contribution in [-0.4, -0.2) is 69.8 Å². The third-order valence-corrected chi connectivity index (χ3v) is 5.03. The van der Waals surface area contributed by atoms with Gasteiger partial charge in [-0.25, -0.2) is 4.57 Å². The Balaban J connectivity index is 2.32. The summed E-state index contributed by atoms with van der Waals surface area (Å²) in [6.07, 6.45) is -6.94. The number of carbonyl (C=O) groups is 1. The van der Waals surface area contributed by atoms with Crippen LogP contribution in [0.15, 0.2) is 24.3 Å². The van der Waals surface area contributed by atoms with Crippen LogP contribution in [-0.2, 0) is 29.8 Å². The lowest BCUT2D eigenvalue weighted by Gasteiger charge is -2.42. The molecule has 2 rings (SSSR count). The molecule has 1 fully saturated rings. The van der Waals surface area contributed by atoms with Crippen LogP contribution in [0.3, 0.4) is 0 Å². The van der Waals surface area contributed by atoms with E-state index in [1.54, 1.807) is 38.1 Å². The lowest BCUT2D eigenvalue weighted by atomic mass is 9.99. The molecule has 0 aliphatic carbocycles. The molecule has 1 aromatic rings. The molecule has 31 heavy (non-hydrogen) atoms. The number of nitrogens with two attached hydrogens (primary N) is 1. The predicted octanol–water partition coefficient (Wildman–Crippen LogP) is 0.0805. The van der Waals surface area contributed by atoms with Crippen molar-refractivity contribution in [3.8, 4) is 5.75 Å². The maximum absolute atomic E-state index is 12.3. The first-order chi connectivity index (χ1) is 14.5. The summed E-state index contributed by atoms with van der Waals surface area (Å²) in [5.41, 5.74) is 6.50. The van der Waals surface area contributed by atoms with Crippen LogP contribution in [0.5, 0.6) is 5.75 Å². The largest absolute Gasteiger partial charge is 0.470 e. The highest BCUT2D eigenvalue weighted by atomic mass is 31.2. The number of rotatable bonds is 10. The van der Waals surface area contributed by atoms with E-state index in [0.717, 1.165) is 5.56 Å². The maximum atomic E-state index is 12.3. The summed E-state index contributed by atoms with van der Waals surface area (Å²) in [7, 11) is -5.10. The Labute approximate surface area is 180 Å². The van der Waals surface area contributed by atoms with Crippen molar-refractivity contribution in [2.24, 2.45) is 11.7 Å². The molecular weight excluding hydrogens is 433 g/mol. The van der Waals surface area contributed by atoms with Crippen LogP contribution in [0.1, 0.15) is 25.8 Å². The molecule has 0 spiro atoms. The SMILES string of the molecule is CC(C)CC(=O)O[C@H]1[C@H](Oc2ccc(CCN)cc2)O[C@H](CO)[C@@H](O)[C@@H]1OP(=O)(O)O. The summed E-state index contributed by atoms with van der Waals surface area (Å²) < 4.78 is 32.8. The van der Waals surface area contributed by atoms with E-state index < -0.39 is 51.1 Å². The van der Waals surface area contributed by atoms with E-state index in [-0.39, 0.29) is 12.3 Å². The zero-order valence-corrected chi connectivity index (χ0v) is 18.3. The van der Waals surface area contributed by atoms with Gasteiger partial charge in [-0.05, 0) is 36.6 Å². The summed E-state index contributed by atoms with van der Waals surface area (Å²) in [6.45, 7) is 3.35. The van der Waals surface area contributed by atoms with Crippen molar-refractivity contribution in [2.45, 2.75) is 57.4 Å². The van der Waals surface area contributed by atoms with Crippen LogP contribution in [0, 0.1) is 5.92 Å². The second-order valence-corrected chi connectivity index (χ2v) is 8.82. The van der Waals surface area contributed by atoms with Crippen LogP contribution in [0.2, 0.25) is 0 Å². The van der Waals surface area contributed by atoms with E-state index in [2.05, 4.69) is 0 Å². The van der Waals surface area contributed by atoms with Crippen molar-refractivity contribution >= 4 is 13.8 Å². The van der Waals surface area contributed by atoms with Gasteiger partial charge in [-0.2, -0.15) is 0 Å². The van der Waals surface area contributed by atoms with Gasteiger partial charge in [-0.15, -0.1) is 0 Å². The highest BCUT2D eigenvalue weighted by molar-refractivity contribution is 7.46. The van der Waals surface area contributed by atoms with Gasteiger partial charge in [0.05, 0.1) is 6.61 Å². The van der Waals surface area contributed by atoms with Gasteiger partial charge in [-0.1, -0.05) is 26.0 Å². The highest BCUT2D eigenvalue weighted by Crippen LogP contribution is 2.42. The summed E-state index contributed by atoms with van der Waals surface area (Å²) in [6, 6.07) is 6.79. The Bertz CT molecular complexity index is 753. The van der Waals surface area contributed by atoms with Gasteiger partial charge < -0.3 is 39.9 Å². The zero-order valence-electron chi connectivity index (χ0n) is 17.4. The lowest BCUT2D eigenvalue weighted by Crippen LogP contribution is -2.62. The fourth-order valence-corrected chi connectivity index (χ4v) is 3.67. The van der Waals surface area contributed by atoms with Crippen LogP contribution in [0.25, 0.3) is 0 Å². The van der Waals surface area contributed by atoms with Gasteiger partial charge in [0.2, 0.25) is 6.29 Å². The molecule has 0 radical (unpaired) electrons. The normalized spacial score (nSPS) is 26.6. The van der Waals surface area contributed by atoms with E-state index >= 15 is 0 Å². The Kier molecular flexibility index (Phi) is 9.41. The molecule has 0 unspecified atom stereocenters. The van der Waals surface area contributed by atoms with Gasteiger partial charge in [0, 0.05) is 6.42 Å². The van der Waals surface area contributed by atoms with E-state index in [1.807, 2.05) is 0 Å². The number of ether oxygens (including phenoxy) is 3. The van der Waals surface area contributed by atoms with Crippen molar-refractivity contribution < 1.29 is 48.1 Å². The minimum absolute atomic E-state index is 0.0131. The average molecular weight is 463 g/mol. The first kappa shape index (κ1) is 25.7. The molecule has 12 heteroatoms. The van der Waals surface area contributed by atoms with E-state index in [0.29, 0.717) is 18.7 Å². The molecule has 11 nitrogen and oxygen atoms in total. The van der Waals surface area contributed by atoms with Crippen molar-refractivity contribution in [2.75, 3.05) is 13.2 Å². The molecule has 0 amide bonds. The number of phosphoric ester groups is 1. The van der Waals surface area contributed by atoms with Gasteiger partial charge in [0.1, 0.15) is 24.1 Å². The number of hydrogen-bond donors (Lipinski definition) is 5. The summed E-state index contributed by atoms with van der Waals surface area (Å²) >= 11 is 0. The zero-order chi connectivity index (χ0) is 23.2. The second-order valence-electron chi connectivity index (χ2n) is 7.63. The van der Waals surface area contributed by atoms with Crippen LogP contribution < -0.4 is 10.5 Å². The standard InChI is InChI=1S/C19H30NO10P/c1-11(2)9-15(22)29-18-17(30-31(24,25)26)16(23)14(10-21)28-19(18)27-13-5-3-12(4-6-13)7-8-20/h3-6,11,14,16-19,21,23H,7-10,20H2,1-2H3,(H2,24,25,26)/t14-,16-,17+,18-,19-/m1/s1. The minimum atomic E-state index is -5.10. The van der Waals surface area contributed by atoms with Crippen molar-refractivity contribution in [3.63, 3.8) is 0 Å². The molecule has 1 saturated heterocycles.